The van der Waals surface area contributed by atoms with E-state index in [1.165, 1.54) is 6.92 Å². The summed E-state index contributed by atoms with van der Waals surface area (Å²) >= 11 is 0. The number of carbonyl (C=O) groups is 1. The first kappa shape index (κ1) is 17.3. The molecule has 1 amide bonds. The third kappa shape index (κ3) is 11.8. The Balaban J connectivity index is 3.05. The fourth-order valence-corrected chi connectivity index (χ4v) is 1.08. The highest BCUT2D eigenvalue weighted by molar-refractivity contribution is 5.72. The quantitative estimate of drug-likeness (QED) is 0.491. The van der Waals surface area contributed by atoms with Crippen LogP contribution < -0.4 is 5.32 Å². The van der Waals surface area contributed by atoms with Gasteiger partial charge in [0.05, 0.1) is 39.6 Å². The molecule has 0 fully saturated rings. The van der Waals surface area contributed by atoms with Crippen LogP contribution in [0.5, 0.6) is 0 Å². The highest BCUT2D eigenvalue weighted by atomic mass is 16.5. The fourth-order valence-electron chi connectivity index (χ4n) is 1.08. The summed E-state index contributed by atoms with van der Waals surface area (Å²) < 4.78 is 15.9. The monoisotopic (exact) mass is 262 g/mol. The molecule has 0 saturated heterocycles. The molecule has 0 aromatic carbocycles. The Kier molecular flexibility index (Phi) is 12.3. The van der Waals surface area contributed by atoms with Crippen molar-refractivity contribution < 1.29 is 19.0 Å². The Bertz CT molecular complexity index is 203. The van der Waals surface area contributed by atoms with Crippen molar-refractivity contribution in [2.24, 2.45) is 0 Å². The van der Waals surface area contributed by atoms with Gasteiger partial charge in [-0.15, -0.1) is 0 Å². The molecular formula is C12H26N2O4. The molecule has 6 heteroatoms. The molecule has 0 radical (unpaired) electrons. The predicted octanol–water partition coefficient (Wildman–Crippen LogP) is -0.266. The Morgan fingerprint density at radius 3 is 2.00 bits per heavy atom. The van der Waals surface area contributed by atoms with Crippen molar-refractivity contribution in [1.29, 1.82) is 0 Å². The molecule has 0 atom stereocenters. The Labute approximate surface area is 110 Å². The maximum absolute atomic E-state index is 10.9. The van der Waals surface area contributed by atoms with Crippen LogP contribution in [0.4, 0.5) is 0 Å². The smallest absolute Gasteiger partial charge is 0.219 e. The zero-order valence-corrected chi connectivity index (χ0v) is 11.7. The molecular weight excluding hydrogens is 236 g/mol. The average molecular weight is 262 g/mol. The maximum atomic E-state index is 10.9. The summed E-state index contributed by atoms with van der Waals surface area (Å²) in [5.41, 5.74) is 0. The lowest BCUT2D eigenvalue weighted by Gasteiger charge is -2.14. The number of hydrogen-bond acceptors (Lipinski definition) is 5. The van der Waals surface area contributed by atoms with E-state index in [1.54, 1.807) is 11.9 Å². The normalized spacial score (nSPS) is 10.6. The Morgan fingerprint density at radius 2 is 1.50 bits per heavy atom. The van der Waals surface area contributed by atoms with E-state index in [1.807, 2.05) is 7.05 Å². The molecule has 0 saturated carbocycles. The first-order chi connectivity index (χ1) is 8.68. The van der Waals surface area contributed by atoms with Crippen LogP contribution in [0.1, 0.15) is 6.92 Å². The summed E-state index contributed by atoms with van der Waals surface area (Å²) in [5, 5.41) is 3.00. The van der Waals surface area contributed by atoms with Crippen LogP contribution >= 0.6 is 0 Å². The average Bonchev–Trinajstić information content (AvgIpc) is 2.35. The second-order valence-corrected chi connectivity index (χ2v) is 3.88. The number of nitrogens with zero attached hydrogens (tertiary/aromatic N) is 1. The lowest BCUT2D eigenvalue weighted by molar-refractivity contribution is -0.128. The second-order valence-electron chi connectivity index (χ2n) is 3.88. The zero-order valence-electron chi connectivity index (χ0n) is 11.7. The molecule has 0 unspecified atom stereocenters. The number of nitrogens with one attached hydrogen (secondary N) is 1. The van der Waals surface area contributed by atoms with Gasteiger partial charge in [-0.05, 0) is 7.05 Å². The van der Waals surface area contributed by atoms with Crippen molar-refractivity contribution in [3.8, 4) is 0 Å². The first-order valence-corrected chi connectivity index (χ1v) is 6.28. The molecule has 0 heterocycles. The summed E-state index contributed by atoms with van der Waals surface area (Å²) in [6.07, 6.45) is 0. The largest absolute Gasteiger partial charge is 0.378 e. The summed E-state index contributed by atoms with van der Waals surface area (Å²) in [4.78, 5) is 12.5. The number of carbonyl (C=O) groups excluding carboxylic acids is 1. The Hall–Kier alpha value is -0.690. The van der Waals surface area contributed by atoms with Gasteiger partial charge in [-0.25, -0.2) is 0 Å². The van der Waals surface area contributed by atoms with E-state index in [-0.39, 0.29) is 5.91 Å². The van der Waals surface area contributed by atoms with Gasteiger partial charge < -0.3 is 24.4 Å². The van der Waals surface area contributed by atoms with Gasteiger partial charge in [-0.2, -0.15) is 0 Å². The van der Waals surface area contributed by atoms with E-state index in [9.17, 15) is 4.79 Å². The minimum Gasteiger partial charge on any atom is -0.378 e. The molecule has 0 aliphatic carbocycles. The van der Waals surface area contributed by atoms with Crippen molar-refractivity contribution in [2.75, 3.05) is 66.8 Å². The molecule has 6 nitrogen and oxygen atoms in total. The van der Waals surface area contributed by atoms with E-state index >= 15 is 0 Å². The molecule has 108 valence electrons. The van der Waals surface area contributed by atoms with Gasteiger partial charge >= 0.3 is 0 Å². The van der Waals surface area contributed by atoms with E-state index in [0.29, 0.717) is 46.2 Å². The molecule has 0 aromatic heterocycles. The molecule has 0 bridgehead atoms. The summed E-state index contributed by atoms with van der Waals surface area (Å²) in [6.45, 7) is 6.54. The molecule has 0 aliphatic rings. The molecule has 18 heavy (non-hydrogen) atoms. The van der Waals surface area contributed by atoms with Crippen molar-refractivity contribution in [2.45, 2.75) is 6.92 Å². The third-order valence-corrected chi connectivity index (χ3v) is 2.35. The fraction of sp³-hybridized carbons (Fsp3) is 0.917. The van der Waals surface area contributed by atoms with Crippen molar-refractivity contribution >= 4 is 5.91 Å². The SMILES string of the molecule is CNCCOCCOCCOCCN(C)C(C)=O. The van der Waals surface area contributed by atoms with Gasteiger partial charge in [-0.1, -0.05) is 0 Å². The van der Waals surface area contributed by atoms with Gasteiger partial charge in [0, 0.05) is 27.1 Å². The predicted molar refractivity (Wildman–Crippen MR) is 69.7 cm³/mol. The topological polar surface area (TPSA) is 60.0 Å². The third-order valence-electron chi connectivity index (χ3n) is 2.35. The number of amides is 1. The van der Waals surface area contributed by atoms with E-state index in [4.69, 9.17) is 14.2 Å². The summed E-state index contributed by atoms with van der Waals surface area (Å²) in [6, 6.07) is 0. The molecule has 0 aliphatic heterocycles. The van der Waals surface area contributed by atoms with E-state index in [0.717, 1.165) is 6.54 Å². The standard InChI is InChI=1S/C12H26N2O4/c1-12(15)14(3)5-7-17-9-11-18-10-8-16-6-4-13-2/h13H,4-11H2,1-3H3. The van der Waals surface area contributed by atoms with Crippen molar-refractivity contribution in [3.63, 3.8) is 0 Å². The van der Waals surface area contributed by atoms with Crippen LogP contribution in [0.3, 0.4) is 0 Å². The minimum atomic E-state index is 0.0496. The summed E-state index contributed by atoms with van der Waals surface area (Å²) in [7, 11) is 3.64. The van der Waals surface area contributed by atoms with E-state index < -0.39 is 0 Å². The number of likely N-dealkylation sites (N-methyl/N-ethyl adjacent to an activating group) is 2. The number of rotatable bonds is 12. The molecule has 0 spiro atoms. The van der Waals surface area contributed by atoms with Gasteiger partial charge in [-0.3, -0.25) is 4.79 Å². The minimum absolute atomic E-state index is 0.0496. The number of ether oxygens (including phenoxy) is 3. The lowest BCUT2D eigenvalue weighted by atomic mass is 10.5. The maximum Gasteiger partial charge on any atom is 0.219 e. The van der Waals surface area contributed by atoms with Crippen molar-refractivity contribution in [1.82, 2.24) is 10.2 Å². The molecule has 1 N–H and O–H groups in total. The molecule has 0 rings (SSSR count). The Morgan fingerprint density at radius 1 is 1.00 bits per heavy atom. The van der Waals surface area contributed by atoms with E-state index in [2.05, 4.69) is 5.32 Å². The summed E-state index contributed by atoms with van der Waals surface area (Å²) in [5.74, 6) is 0.0496. The highest BCUT2D eigenvalue weighted by Crippen LogP contribution is 1.85. The lowest BCUT2D eigenvalue weighted by Crippen LogP contribution is -2.28. The van der Waals surface area contributed by atoms with Gasteiger partial charge in [0.25, 0.3) is 0 Å². The highest BCUT2D eigenvalue weighted by Gasteiger charge is 2.00. The first-order valence-electron chi connectivity index (χ1n) is 6.28. The van der Waals surface area contributed by atoms with Crippen LogP contribution in [-0.2, 0) is 19.0 Å². The number of hydrogen-bond donors (Lipinski definition) is 1. The van der Waals surface area contributed by atoms with Gasteiger partial charge in [0.2, 0.25) is 5.91 Å². The van der Waals surface area contributed by atoms with Crippen molar-refractivity contribution in [3.05, 3.63) is 0 Å². The molecule has 0 aromatic rings. The van der Waals surface area contributed by atoms with Crippen LogP contribution in [-0.4, -0.2) is 77.6 Å². The van der Waals surface area contributed by atoms with Crippen LogP contribution in [0.25, 0.3) is 0 Å². The zero-order chi connectivity index (χ0) is 13.6. The second kappa shape index (κ2) is 12.8. The van der Waals surface area contributed by atoms with Gasteiger partial charge in [0.15, 0.2) is 0 Å². The van der Waals surface area contributed by atoms with Crippen LogP contribution in [0.15, 0.2) is 0 Å². The van der Waals surface area contributed by atoms with Crippen LogP contribution in [0, 0.1) is 0 Å². The van der Waals surface area contributed by atoms with Gasteiger partial charge in [0.1, 0.15) is 0 Å². The van der Waals surface area contributed by atoms with Crippen LogP contribution in [0.2, 0.25) is 0 Å².